The maximum absolute atomic E-state index is 6.25. The molecule has 0 saturated heterocycles. The predicted octanol–water partition coefficient (Wildman–Crippen LogP) is 5.66. The zero-order valence-corrected chi connectivity index (χ0v) is 14.5. The molecule has 0 spiro atoms. The Morgan fingerprint density at radius 3 is 2.00 bits per heavy atom. The Morgan fingerprint density at radius 1 is 1.05 bits per heavy atom. The summed E-state index contributed by atoms with van der Waals surface area (Å²) in [5.41, 5.74) is 2.65. The zero-order valence-electron chi connectivity index (χ0n) is 13.6. The van der Waals surface area contributed by atoms with E-state index in [0.717, 1.165) is 18.1 Å². The summed E-state index contributed by atoms with van der Waals surface area (Å²) < 4.78 is 6.25. The molecular weight excluding hydrogens is 264 g/mol. The van der Waals surface area contributed by atoms with E-state index >= 15 is 0 Å². The highest BCUT2D eigenvalue weighted by Crippen LogP contribution is 2.34. The summed E-state index contributed by atoms with van der Waals surface area (Å²) in [4.78, 5) is 0. The monoisotopic (exact) mass is 294 g/mol. The van der Waals surface area contributed by atoms with Crippen LogP contribution >= 0.6 is 12.6 Å². The normalized spacial score (nSPS) is 13.0. The first-order valence-electron chi connectivity index (χ1n) is 7.87. The van der Waals surface area contributed by atoms with Crippen molar-refractivity contribution in [2.24, 2.45) is 5.92 Å². The van der Waals surface area contributed by atoms with Gasteiger partial charge in [-0.15, -0.1) is 0 Å². The highest BCUT2D eigenvalue weighted by Gasteiger charge is 2.16. The van der Waals surface area contributed by atoms with Crippen molar-refractivity contribution in [2.75, 3.05) is 12.4 Å². The van der Waals surface area contributed by atoms with Crippen LogP contribution in [0, 0.1) is 5.92 Å². The van der Waals surface area contributed by atoms with Gasteiger partial charge in [0.15, 0.2) is 0 Å². The van der Waals surface area contributed by atoms with Crippen molar-refractivity contribution in [3.63, 3.8) is 0 Å². The standard InChI is InChI=1S/C18H30OS/c1-6-8-15(12-20)11-19-18-16(13(2)3)9-7-10-17(18)14(4)5/h7,9-10,13-15,20H,6,8,11-12H2,1-5H3. The minimum absolute atomic E-state index is 0.490. The van der Waals surface area contributed by atoms with Crippen LogP contribution in [0.2, 0.25) is 0 Å². The summed E-state index contributed by atoms with van der Waals surface area (Å²) in [5.74, 6) is 3.53. The fraction of sp³-hybridized carbons (Fsp3) is 0.667. The first kappa shape index (κ1) is 17.4. The Hall–Kier alpha value is -0.630. The summed E-state index contributed by atoms with van der Waals surface area (Å²) in [6, 6.07) is 6.54. The van der Waals surface area contributed by atoms with Crippen LogP contribution in [0.5, 0.6) is 5.75 Å². The van der Waals surface area contributed by atoms with Gasteiger partial charge in [0.1, 0.15) is 5.75 Å². The van der Waals surface area contributed by atoms with Gasteiger partial charge in [0.2, 0.25) is 0 Å². The highest BCUT2D eigenvalue weighted by atomic mass is 32.1. The predicted molar refractivity (Wildman–Crippen MR) is 92.4 cm³/mol. The number of hydrogen-bond acceptors (Lipinski definition) is 2. The maximum Gasteiger partial charge on any atom is 0.126 e. The van der Waals surface area contributed by atoms with Crippen LogP contribution in [0.3, 0.4) is 0 Å². The summed E-state index contributed by atoms with van der Waals surface area (Å²) in [6.07, 6.45) is 2.38. The number of ether oxygens (including phenoxy) is 1. The van der Waals surface area contributed by atoms with Gasteiger partial charge < -0.3 is 4.74 Å². The molecule has 1 nitrogen and oxygen atoms in total. The van der Waals surface area contributed by atoms with E-state index in [9.17, 15) is 0 Å². The fourth-order valence-electron chi connectivity index (χ4n) is 2.49. The van der Waals surface area contributed by atoms with E-state index in [2.05, 4.69) is 65.4 Å². The molecule has 0 fully saturated rings. The van der Waals surface area contributed by atoms with E-state index in [0.29, 0.717) is 17.8 Å². The second-order valence-corrected chi connectivity index (χ2v) is 6.59. The molecule has 0 aliphatic heterocycles. The minimum Gasteiger partial charge on any atom is -0.493 e. The van der Waals surface area contributed by atoms with Gasteiger partial charge in [0.05, 0.1) is 6.61 Å². The molecule has 0 aliphatic carbocycles. The molecule has 0 bridgehead atoms. The molecule has 2 heteroatoms. The third-order valence-corrected chi connectivity index (χ3v) is 4.25. The second-order valence-electron chi connectivity index (χ2n) is 6.22. The molecule has 0 saturated carbocycles. The SMILES string of the molecule is CCCC(CS)COc1c(C(C)C)cccc1C(C)C. The molecule has 0 amide bonds. The largest absolute Gasteiger partial charge is 0.493 e. The quantitative estimate of drug-likeness (QED) is 0.609. The van der Waals surface area contributed by atoms with Gasteiger partial charge in [-0.25, -0.2) is 0 Å². The van der Waals surface area contributed by atoms with Crippen molar-refractivity contribution >= 4 is 12.6 Å². The fourth-order valence-corrected chi connectivity index (χ4v) is 2.77. The lowest BCUT2D eigenvalue weighted by atomic mass is 9.94. The lowest BCUT2D eigenvalue weighted by molar-refractivity contribution is 0.249. The lowest BCUT2D eigenvalue weighted by Crippen LogP contribution is -2.15. The average Bonchev–Trinajstić information content (AvgIpc) is 2.42. The third-order valence-electron chi connectivity index (χ3n) is 3.74. The van der Waals surface area contributed by atoms with E-state index < -0.39 is 0 Å². The van der Waals surface area contributed by atoms with Gasteiger partial charge in [-0.05, 0) is 35.1 Å². The molecule has 1 rings (SSSR count). The molecule has 0 radical (unpaired) electrons. The first-order valence-corrected chi connectivity index (χ1v) is 8.50. The van der Waals surface area contributed by atoms with Crippen molar-refractivity contribution in [1.82, 2.24) is 0 Å². The van der Waals surface area contributed by atoms with Gasteiger partial charge in [-0.2, -0.15) is 12.6 Å². The summed E-state index contributed by atoms with van der Waals surface area (Å²) in [5, 5.41) is 0. The van der Waals surface area contributed by atoms with Crippen LogP contribution in [0.25, 0.3) is 0 Å². The Labute approximate surface area is 130 Å². The minimum atomic E-state index is 0.490. The van der Waals surface area contributed by atoms with Crippen molar-refractivity contribution in [3.8, 4) is 5.75 Å². The molecule has 1 aromatic carbocycles. The number of para-hydroxylation sites is 1. The van der Waals surface area contributed by atoms with Crippen LogP contribution in [0.15, 0.2) is 18.2 Å². The number of hydrogen-bond donors (Lipinski definition) is 1. The molecule has 0 N–H and O–H groups in total. The molecular formula is C18H30OS. The van der Waals surface area contributed by atoms with Gasteiger partial charge in [0.25, 0.3) is 0 Å². The lowest BCUT2D eigenvalue weighted by Gasteiger charge is -2.22. The van der Waals surface area contributed by atoms with E-state index in [1.54, 1.807) is 0 Å². The summed E-state index contributed by atoms with van der Waals surface area (Å²) >= 11 is 4.45. The van der Waals surface area contributed by atoms with E-state index in [1.165, 1.54) is 24.0 Å². The van der Waals surface area contributed by atoms with Crippen molar-refractivity contribution in [2.45, 2.75) is 59.3 Å². The Morgan fingerprint density at radius 2 is 1.60 bits per heavy atom. The highest BCUT2D eigenvalue weighted by molar-refractivity contribution is 7.80. The van der Waals surface area contributed by atoms with Gasteiger partial charge in [-0.3, -0.25) is 0 Å². The van der Waals surface area contributed by atoms with Gasteiger partial charge in [0, 0.05) is 5.92 Å². The van der Waals surface area contributed by atoms with Crippen LogP contribution in [-0.2, 0) is 0 Å². The molecule has 20 heavy (non-hydrogen) atoms. The molecule has 0 aliphatic rings. The van der Waals surface area contributed by atoms with E-state index in [1.807, 2.05) is 0 Å². The molecule has 1 aromatic rings. The molecule has 0 heterocycles. The molecule has 0 aromatic heterocycles. The maximum atomic E-state index is 6.25. The van der Waals surface area contributed by atoms with Crippen LogP contribution in [0.4, 0.5) is 0 Å². The van der Waals surface area contributed by atoms with E-state index in [4.69, 9.17) is 4.74 Å². The second kappa shape index (κ2) is 8.61. The van der Waals surface area contributed by atoms with Gasteiger partial charge >= 0.3 is 0 Å². The average molecular weight is 295 g/mol. The molecule has 1 unspecified atom stereocenters. The Balaban J connectivity index is 2.95. The van der Waals surface area contributed by atoms with Crippen LogP contribution < -0.4 is 4.74 Å². The van der Waals surface area contributed by atoms with Crippen molar-refractivity contribution in [3.05, 3.63) is 29.3 Å². The topological polar surface area (TPSA) is 9.23 Å². The van der Waals surface area contributed by atoms with Crippen molar-refractivity contribution < 1.29 is 4.74 Å². The van der Waals surface area contributed by atoms with E-state index in [-0.39, 0.29) is 0 Å². The van der Waals surface area contributed by atoms with Crippen molar-refractivity contribution in [1.29, 1.82) is 0 Å². The Kier molecular flexibility index (Phi) is 7.50. The first-order chi connectivity index (χ1) is 9.51. The number of rotatable bonds is 8. The molecule has 1 atom stereocenters. The number of benzene rings is 1. The molecule has 114 valence electrons. The van der Waals surface area contributed by atoms with Crippen LogP contribution in [0.1, 0.15) is 70.4 Å². The van der Waals surface area contributed by atoms with Crippen LogP contribution in [-0.4, -0.2) is 12.4 Å². The summed E-state index contributed by atoms with van der Waals surface area (Å²) in [7, 11) is 0. The van der Waals surface area contributed by atoms with Gasteiger partial charge in [-0.1, -0.05) is 59.2 Å². The number of thiol groups is 1. The smallest absolute Gasteiger partial charge is 0.126 e. The summed E-state index contributed by atoms with van der Waals surface area (Å²) in [6.45, 7) is 11.9. The third kappa shape index (κ3) is 4.73. The zero-order chi connectivity index (χ0) is 15.1. The Bertz CT molecular complexity index is 372.